The maximum absolute atomic E-state index is 7.59. The topological polar surface area (TPSA) is 114 Å². The molecule has 10 atom stereocenters. The molecule has 12 nitrogen and oxygen atoms in total. The fourth-order valence-corrected chi connectivity index (χ4v) is 9.61. The first-order valence-corrected chi connectivity index (χ1v) is 27.8. The van der Waals surface area contributed by atoms with Crippen LogP contribution in [0.15, 0.2) is 230 Å². The molecule has 0 saturated carbocycles. The Labute approximate surface area is 484 Å². The zero-order chi connectivity index (χ0) is 55.2. The smallest absolute Gasteiger partial charge is 0.266 e. The summed E-state index contributed by atoms with van der Waals surface area (Å²) in [5.74, 6) is -0.275. The van der Waals surface area contributed by atoms with Gasteiger partial charge in [-0.2, -0.15) is 0 Å². The van der Waals surface area contributed by atoms with Gasteiger partial charge in [0.1, 0.15) is 48.8 Å². The molecule has 2 aliphatic rings. The Morgan fingerprint density at radius 1 is 0.412 bits per heavy atom. The highest BCUT2D eigenvalue weighted by molar-refractivity contribution is 6.76. The zero-order valence-corrected chi connectivity index (χ0v) is 46.5. The summed E-state index contributed by atoms with van der Waals surface area (Å²) in [7, 11) is 0. The highest BCUT2D eigenvalue weighted by atomic mass is 35.6. The molecule has 2 aliphatic heterocycles. The molecule has 2 saturated heterocycles. The monoisotopic (exact) mass is 1140 g/mol. The molecule has 0 aliphatic carbocycles. The first-order chi connectivity index (χ1) is 39.3. The van der Waals surface area contributed by atoms with Gasteiger partial charge in [-0.3, -0.25) is 0 Å². The minimum Gasteiger partial charge on any atom is -0.445 e. The number of halogens is 3. The molecule has 7 aromatic rings. The van der Waals surface area contributed by atoms with Crippen molar-refractivity contribution in [1.29, 1.82) is 0 Å². The van der Waals surface area contributed by atoms with Crippen molar-refractivity contribution in [2.24, 2.45) is 4.99 Å². The third-order valence-electron chi connectivity index (χ3n) is 13.3. The minimum atomic E-state index is -2.18. The molecule has 0 aromatic heterocycles. The summed E-state index contributed by atoms with van der Waals surface area (Å²) in [6, 6.07) is 68.1. The summed E-state index contributed by atoms with van der Waals surface area (Å²) in [4.78, 5) is 4.71. The van der Waals surface area contributed by atoms with Crippen molar-refractivity contribution in [1.82, 2.24) is 0 Å². The summed E-state index contributed by atoms with van der Waals surface area (Å²) >= 11 is 20.3. The molecule has 2 fully saturated rings. The Kier molecular flexibility index (Phi) is 22.7. The number of ether oxygens (including phenoxy) is 11. The molecular formula is C65H66Cl3NO11. The van der Waals surface area contributed by atoms with Gasteiger partial charge in [0.05, 0.1) is 65.1 Å². The third-order valence-corrected chi connectivity index (χ3v) is 13.8. The molecule has 1 unspecified atom stereocenters. The van der Waals surface area contributed by atoms with Crippen LogP contribution in [-0.4, -0.2) is 90.9 Å². The van der Waals surface area contributed by atoms with Crippen LogP contribution in [0.25, 0.3) is 0 Å². The van der Waals surface area contributed by atoms with Crippen LogP contribution in [-0.2, 0) is 91.7 Å². The summed E-state index contributed by atoms with van der Waals surface area (Å²) in [6.07, 6.45) is -8.45. The van der Waals surface area contributed by atoms with Crippen molar-refractivity contribution < 1.29 is 52.1 Å². The van der Waals surface area contributed by atoms with Gasteiger partial charge < -0.3 is 52.1 Å². The highest BCUT2D eigenvalue weighted by Gasteiger charge is 2.56. The van der Waals surface area contributed by atoms with Gasteiger partial charge in [-0.15, -0.1) is 6.58 Å². The van der Waals surface area contributed by atoms with E-state index in [9.17, 15) is 0 Å². The Hall–Kier alpha value is -5.78. The van der Waals surface area contributed by atoms with Gasteiger partial charge in [0.2, 0.25) is 12.2 Å². The maximum atomic E-state index is 7.59. The molecule has 7 aromatic carbocycles. The fourth-order valence-electron chi connectivity index (χ4n) is 9.35. The van der Waals surface area contributed by atoms with Gasteiger partial charge in [-0.05, 0) is 45.5 Å². The van der Waals surface area contributed by atoms with Gasteiger partial charge in [-0.1, -0.05) is 241 Å². The van der Waals surface area contributed by atoms with Crippen LogP contribution in [0.5, 0.6) is 0 Å². The van der Waals surface area contributed by atoms with E-state index in [0.29, 0.717) is 12.3 Å². The van der Waals surface area contributed by atoms with Gasteiger partial charge >= 0.3 is 0 Å². The van der Waals surface area contributed by atoms with E-state index < -0.39 is 65.2 Å². The lowest BCUT2D eigenvalue weighted by atomic mass is 9.95. The van der Waals surface area contributed by atoms with Crippen LogP contribution in [0.2, 0.25) is 0 Å². The van der Waals surface area contributed by atoms with Crippen LogP contribution >= 0.6 is 34.8 Å². The number of aliphatic imine (C=N–C) groups is 1. The normalized spacial score (nSPS) is 23.3. The van der Waals surface area contributed by atoms with E-state index in [1.165, 1.54) is 0 Å². The first kappa shape index (κ1) is 58.9. The van der Waals surface area contributed by atoms with E-state index in [-0.39, 0.29) is 58.8 Å². The predicted octanol–water partition coefficient (Wildman–Crippen LogP) is 13.3. The first-order valence-electron chi connectivity index (χ1n) is 26.7. The average molecular weight is 1140 g/mol. The molecular weight excluding hydrogens is 1080 g/mol. The molecule has 80 heavy (non-hydrogen) atoms. The number of rotatable bonds is 27. The van der Waals surface area contributed by atoms with Gasteiger partial charge in [0.25, 0.3) is 3.79 Å². The van der Waals surface area contributed by atoms with Gasteiger partial charge in [0, 0.05) is 0 Å². The summed E-state index contributed by atoms with van der Waals surface area (Å²) < 4.78 is 74.4. The molecule has 418 valence electrons. The number of para-hydroxylation sites is 1. The van der Waals surface area contributed by atoms with Crippen molar-refractivity contribution in [3.63, 3.8) is 0 Å². The van der Waals surface area contributed by atoms with Gasteiger partial charge in [0.15, 0.2) is 6.29 Å². The molecule has 15 heteroatoms. The lowest BCUT2D eigenvalue weighted by Gasteiger charge is -2.50. The summed E-state index contributed by atoms with van der Waals surface area (Å²) in [5.41, 5.74) is 6.01. The second-order valence-corrected chi connectivity index (χ2v) is 21.5. The van der Waals surface area contributed by atoms with E-state index >= 15 is 0 Å². The number of alkyl halides is 3. The third kappa shape index (κ3) is 17.6. The zero-order valence-electron chi connectivity index (χ0n) is 44.2. The van der Waals surface area contributed by atoms with Crippen molar-refractivity contribution in [2.45, 2.75) is 105 Å². The van der Waals surface area contributed by atoms with Crippen LogP contribution in [0.1, 0.15) is 33.4 Å². The molecule has 0 bridgehead atoms. The fraction of sp³-hybridized carbons (Fsp3) is 0.308. The Morgan fingerprint density at radius 3 is 1.14 bits per heavy atom. The largest absolute Gasteiger partial charge is 0.445 e. The van der Waals surface area contributed by atoms with Crippen molar-refractivity contribution in [3.8, 4) is 0 Å². The molecule has 0 amide bonds. The average Bonchev–Trinajstić information content (AvgIpc) is 3.52. The van der Waals surface area contributed by atoms with Crippen LogP contribution in [0.4, 0.5) is 5.69 Å². The number of benzene rings is 7. The number of hydrogen-bond donors (Lipinski definition) is 0. The maximum Gasteiger partial charge on any atom is 0.266 e. The van der Waals surface area contributed by atoms with Crippen LogP contribution < -0.4 is 0 Å². The van der Waals surface area contributed by atoms with E-state index in [2.05, 4.69) is 6.58 Å². The molecule has 0 spiro atoms. The van der Waals surface area contributed by atoms with Crippen molar-refractivity contribution in [2.75, 3.05) is 19.8 Å². The summed E-state index contributed by atoms with van der Waals surface area (Å²) in [6.45, 7) is 5.41. The van der Waals surface area contributed by atoms with Crippen LogP contribution in [0, 0.1) is 0 Å². The molecule has 0 radical (unpaired) electrons. The highest BCUT2D eigenvalue weighted by Crippen LogP contribution is 2.39. The minimum absolute atomic E-state index is 0.00567. The predicted molar refractivity (Wildman–Crippen MR) is 309 cm³/mol. The Morgan fingerprint density at radius 2 is 0.750 bits per heavy atom. The second-order valence-electron chi connectivity index (χ2n) is 19.2. The Bertz CT molecular complexity index is 2880. The molecule has 2 heterocycles. The number of hydrogen-bond acceptors (Lipinski definition) is 12. The quantitative estimate of drug-likeness (QED) is 0.0212. The lowest BCUT2D eigenvalue weighted by Crippen LogP contribution is -2.67. The second kappa shape index (κ2) is 30.9. The number of nitrogens with zero attached hydrogens (tertiary/aromatic N) is 1. The lowest BCUT2D eigenvalue weighted by molar-refractivity contribution is -0.373. The SMILES string of the molecule is C=CCO[C@@H]1[C@H](OCc2ccccc2)[C@@H](O[C@H]2[C@H](OCc3ccccc3)[C@@H](COCc3ccccc3)OC(OC(=Nc3ccccc3)C(Cl)(Cl)Cl)[C@H]2OCc2ccccc2)O[C@H](COCc2ccccc2)[C@H]1OCc1ccccc1. The van der Waals surface area contributed by atoms with Gasteiger partial charge in [-0.25, -0.2) is 4.99 Å². The summed E-state index contributed by atoms with van der Waals surface area (Å²) in [5, 5.41) is 0. The van der Waals surface area contributed by atoms with Crippen molar-refractivity contribution in [3.05, 3.63) is 258 Å². The molecule has 9 rings (SSSR count). The van der Waals surface area contributed by atoms with Crippen LogP contribution in [0.3, 0.4) is 0 Å². The molecule has 0 N–H and O–H groups in total. The van der Waals surface area contributed by atoms with E-state index in [1.54, 1.807) is 18.2 Å². The van der Waals surface area contributed by atoms with E-state index in [0.717, 1.165) is 33.4 Å². The van der Waals surface area contributed by atoms with E-state index in [1.807, 2.05) is 200 Å². The van der Waals surface area contributed by atoms with E-state index in [4.69, 9.17) is 91.9 Å². The van der Waals surface area contributed by atoms with Crippen molar-refractivity contribution >= 4 is 46.4 Å². The Balaban J connectivity index is 1.16. The standard InChI is InChI=1S/C65H66Cl3NO11/c1-2-38-72-58-56(73-41-49-28-14-5-15-29-49)54(45-70-39-47-24-10-3-11-25-47)77-62(60(58)75-43-51-32-18-7-19-33-51)79-59-57(74-42-50-30-16-6-17-31-50)55(46-71-40-48-26-12-4-13-27-48)78-63(61(59)76-44-52-34-20-8-21-35-52)80-64(65(66,67)68)69-53-36-22-9-23-37-53/h2-37,54-63H,1,38-46H2/t54-,55-,56-,57-,58+,59+,60+,61+,62-,63?/m1/s1.